The molecule has 0 unspecified atom stereocenters. The average molecular weight is 396 g/mol. The van der Waals surface area contributed by atoms with Gasteiger partial charge in [0.1, 0.15) is 15.6 Å². The fraction of sp³-hybridized carbons (Fsp3) is 0.238. The highest BCUT2D eigenvalue weighted by atomic mass is 32.1. The van der Waals surface area contributed by atoms with E-state index in [1.807, 2.05) is 38.1 Å². The molecule has 7 heteroatoms. The maximum atomic E-state index is 12.7. The van der Waals surface area contributed by atoms with Crippen LogP contribution in [-0.4, -0.2) is 17.8 Å². The van der Waals surface area contributed by atoms with Crippen LogP contribution in [-0.2, 0) is 4.79 Å². The van der Waals surface area contributed by atoms with Crippen LogP contribution in [0.15, 0.2) is 47.1 Å². The summed E-state index contributed by atoms with van der Waals surface area (Å²) in [7, 11) is 0. The number of carbonyl (C=O) groups is 2. The van der Waals surface area contributed by atoms with E-state index in [4.69, 9.17) is 14.9 Å². The van der Waals surface area contributed by atoms with Crippen LogP contribution in [0.4, 0.5) is 10.7 Å². The Morgan fingerprint density at radius 3 is 2.68 bits per heavy atom. The Hall–Kier alpha value is -3.06. The Balaban J connectivity index is 1.72. The molecule has 28 heavy (non-hydrogen) atoms. The van der Waals surface area contributed by atoms with E-state index in [-0.39, 0.29) is 35.9 Å². The number of fused-ring (bicyclic) bond motifs is 1. The van der Waals surface area contributed by atoms with Gasteiger partial charge in [0.25, 0.3) is 0 Å². The predicted octanol–water partition coefficient (Wildman–Crippen LogP) is 4.42. The molecule has 0 saturated carbocycles. The van der Waals surface area contributed by atoms with Crippen molar-refractivity contribution >= 4 is 33.7 Å². The number of nitrogens with two attached hydrogens (primary N) is 1. The van der Waals surface area contributed by atoms with Gasteiger partial charge in [-0.3, -0.25) is 9.59 Å². The van der Waals surface area contributed by atoms with Crippen molar-refractivity contribution in [3.63, 3.8) is 0 Å². The van der Waals surface area contributed by atoms with Crippen molar-refractivity contribution in [2.75, 3.05) is 11.1 Å². The van der Waals surface area contributed by atoms with E-state index in [9.17, 15) is 9.59 Å². The minimum absolute atomic E-state index is 0.0839. The van der Waals surface area contributed by atoms with Crippen LogP contribution in [0.3, 0.4) is 0 Å². The molecule has 2 aromatic heterocycles. The number of thiophene rings is 1. The topological polar surface area (TPSA) is 94.6 Å². The van der Waals surface area contributed by atoms with Gasteiger partial charge >= 0.3 is 0 Å². The molecular formula is C21H20N2O4S. The summed E-state index contributed by atoms with van der Waals surface area (Å²) in [6.45, 7) is 3.94. The first-order valence-electron chi connectivity index (χ1n) is 9.01. The maximum Gasteiger partial charge on any atom is 0.240 e. The van der Waals surface area contributed by atoms with Gasteiger partial charge in [-0.05, 0) is 43.7 Å². The van der Waals surface area contributed by atoms with Crippen molar-refractivity contribution in [2.24, 2.45) is 0 Å². The number of ketones is 1. The van der Waals surface area contributed by atoms with Crippen molar-refractivity contribution in [1.29, 1.82) is 0 Å². The zero-order chi connectivity index (χ0) is 19.8. The average Bonchev–Trinajstić information content (AvgIpc) is 3.29. The van der Waals surface area contributed by atoms with Gasteiger partial charge in [0, 0.05) is 17.9 Å². The summed E-state index contributed by atoms with van der Waals surface area (Å²) in [5, 5.41) is 3.47. The Labute approximate surface area is 166 Å². The second-order valence-corrected chi connectivity index (χ2v) is 7.96. The summed E-state index contributed by atoms with van der Waals surface area (Å²) < 4.78 is 10.9. The third-order valence-electron chi connectivity index (χ3n) is 4.58. The lowest BCUT2D eigenvalue weighted by molar-refractivity contribution is -0.116. The highest BCUT2D eigenvalue weighted by Gasteiger charge is 2.34. The molecule has 4 rings (SSSR count). The van der Waals surface area contributed by atoms with Crippen molar-refractivity contribution in [3.05, 3.63) is 64.4 Å². The molecule has 1 aliphatic heterocycles. The second kappa shape index (κ2) is 7.16. The SMILES string of the molecule is CC(C)Oc1ccc([C@@H]2CC(=O)Nc3sc(C(=O)c4ccco4)c(N)c32)cc1. The molecule has 0 aliphatic carbocycles. The van der Waals surface area contributed by atoms with Crippen molar-refractivity contribution in [3.8, 4) is 5.75 Å². The molecule has 0 fully saturated rings. The lowest BCUT2D eigenvalue weighted by Crippen LogP contribution is -2.22. The number of carbonyl (C=O) groups excluding carboxylic acids is 2. The number of amides is 1. The number of nitrogen functional groups attached to an aromatic ring is 1. The van der Waals surface area contributed by atoms with Crippen LogP contribution in [0.2, 0.25) is 0 Å². The van der Waals surface area contributed by atoms with E-state index < -0.39 is 0 Å². The van der Waals surface area contributed by atoms with Gasteiger partial charge in [-0.1, -0.05) is 12.1 Å². The molecule has 1 atom stereocenters. The van der Waals surface area contributed by atoms with E-state index in [1.54, 1.807) is 12.1 Å². The first-order valence-corrected chi connectivity index (χ1v) is 9.82. The third kappa shape index (κ3) is 3.29. The number of nitrogens with one attached hydrogen (secondary N) is 1. The predicted molar refractivity (Wildman–Crippen MR) is 108 cm³/mol. The molecule has 144 valence electrons. The van der Waals surface area contributed by atoms with Crippen LogP contribution in [0.5, 0.6) is 5.75 Å². The van der Waals surface area contributed by atoms with E-state index in [0.717, 1.165) is 16.9 Å². The minimum Gasteiger partial charge on any atom is -0.491 e. The van der Waals surface area contributed by atoms with Crippen LogP contribution < -0.4 is 15.8 Å². The van der Waals surface area contributed by atoms with Gasteiger partial charge in [-0.15, -0.1) is 11.3 Å². The van der Waals surface area contributed by atoms with Gasteiger partial charge < -0.3 is 20.2 Å². The highest BCUT2D eigenvalue weighted by Crippen LogP contribution is 2.47. The lowest BCUT2D eigenvalue weighted by Gasteiger charge is -2.24. The smallest absolute Gasteiger partial charge is 0.240 e. The first-order chi connectivity index (χ1) is 13.4. The fourth-order valence-electron chi connectivity index (χ4n) is 3.38. The number of anilines is 2. The van der Waals surface area contributed by atoms with E-state index >= 15 is 0 Å². The number of benzene rings is 1. The number of hydrogen-bond acceptors (Lipinski definition) is 6. The number of furan rings is 1. The molecule has 1 amide bonds. The molecule has 3 N–H and O–H groups in total. The van der Waals surface area contributed by atoms with Gasteiger partial charge in [-0.2, -0.15) is 0 Å². The van der Waals surface area contributed by atoms with Crippen LogP contribution in [0, 0.1) is 0 Å². The maximum absolute atomic E-state index is 12.7. The van der Waals surface area contributed by atoms with E-state index in [0.29, 0.717) is 15.6 Å². The molecule has 0 spiro atoms. The summed E-state index contributed by atoms with van der Waals surface area (Å²) >= 11 is 1.19. The normalized spacial score (nSPS) is 16.0. The fourth-order valence-corrected chi connectivity index (χ4v) is 4.53. The molecule has 0 saturated heterocycles. The monoisotopic (exact) mass is 396 g/mol. The molecule has 3 aromatic rings. The molecule has 0 bridgehead atoms. The van der Waals surface area contributed by atoms with Crippen LogP contribution in [0.25, 0.3) is 0 Å². The van der Waals surface area contributed by atoms with E-state index in [2.05, 4.69) is 5.32 Å². The molecule has 0 radical (unpaired) electrons. The Kier molecular flexibility index (Phi) is 4.68. The van der Waals surface area contributed by atoms with Crippen molar-refractivity contribution in [1.82, 2.24) is 0 Å². The van der Waals surface area contributed by atoms with Crippen LogP contribution >= 0.6 is 11.3 Å². The summed E-state index contributed by atoms with van der Waals surface area (Å²) in [5.41, 5.74) is 8.51. The molecular weight excluding hydrogens is 376 g/mol. The molecule has 1 aliphatic rings. The molecule has 1 aromatic carbocycles. The van der Waals surface area contributed by atoms with Gasteiger partial charge in [-0.25, -0.2) is 0 Å². The van der Waals surface area contributed by atoms with Crippen LogP contribution in [0.1, 0.15) is 52.7 Å². The third-order valence-corrected chi connectivity index (χ3v) is 5.72. The number of hydrogen-bond donors (Lipinski definition) is 2. The number of ether oxygens (including phenoxy) is 1. The molecule has 6 nitrogen and oxygen atoms in total. The van der Waals surface area contributed by atoms with Gasteiger partial charge in [0.2, 0.25) is 11.7 Å². The second-order valence-electron chi connectivity index (χ2n) is 6.93. The first kappa shape index (κ1) is 18.3. The summed E-state index contributed by atoms with van der Waals surface area (Å²) in [6, 6.07) is 10.9. The summed E-state index contributed by atoms with van der Waals surface area (Å²) in [5.74, 6) is 0.398. The van der Waals surface area contributed by atoms with Crippen molar-refractivity contribution < 1.29 is 18.7 Å². The molecule has 3 heterocycles. The highest BCUT2D eigenvalue weighted by molar-refractivity contribution is 7.19. The van der Waals surface area contributed by atoms with Crippen molar-refractivity contribution in [2.45, 2.75) is 32.3 Å². The van der Waals surface area contributed by atoms with Gasteiger partial charge in [0.15, 0.2) is 5.76 Å². The lowest BCUT2D eigenvalue weighted by atomic mass is 9.86. The summed E-state index contributed by atoms with van der Waals surface area (Å²) in [6.07, 6.45) is 1.80. The minimum atomic E-state index is -0.282. The van der Waals surface area contributed by atoms with Gasteiger partial charge in [0.05, 0.1) is 18.1 Å². The summed E-state index contributed by atoms with van der Waals surface area (Å²) in [4.78, 5) is 25.4. The Morgan fingerprint density at radius 1 is 1.29 bits per heavy atom. The quantitative estimate of drug-likeness (QED) is 0.623. The zero-order valence-corrected chi connectivity index (χ0v) is 16.3. The Morgan fingerprint density at radius 2 is 2.04 bits per heavy atom. The standard InChI is InChI=1S/C21H20N2O4S/c1-11(2)27-13-7-5-12(6-8-13)14-10-16(24)23-21-17(14)18(22)20(28-21)19(25)15-4-3-9-26-15/h3-9,11,14H,10,22H2,1-2H3,(H,23,24)/t14-/m0/s1. The number of rotatable bonds is 5. The largest absolute Gasteiger partial charge is 0.491 e. The van der Waals surface area contributed by atoms with E-state index in [1.165, 1.54) is 17.6 Å². The Bertz CT molecular complexity index is 1020. The zero-order valence-electron chi connectivity index (χ0n) is 15.5.